The lowest BCUT2D eigenvalue weighted by molar-refractivity contribution is -0.131. The first kappa shape index (κ1) is 13.3. The molecule has 0 aromatic heterocycles. The third kappa shape index (κ3) is 26.1. The van der Waals surface area contributed by atoms with Crippen LogP contribution in [-0.2, 0) is 14.0 Å². The van der Waals surface area contributed by atoms with Gasteiger partial charge in [0.15, 0.2) is 0 Å². The Balaban J connectivity index is 0. The highest BCUT2D eigenvalue weighted by molar-refractivity contribution is 6.04. The Morgan fingerprint density at radius 2 is 1.55 bits per heavy atom. The fourth-order valence-corrected chi connectivity index (χ4v) is 0. The number of carbonyl (C=O) groups is 1. The van der Waals surface area contributed by atoms with Gasteiger partial charge in [-0.05, 0) is 20.8 Å². The molecule has 4 heteroatoms. The average molecular weight is 175 g/mol. The van der Waals surface area contributed by atoms with Gasteiger partial charge >= 0.3 is 10.5 Å². The van der Waals surface area contributed by atoms with Crippen molar-refractivity contribution in [1.82, 2.24) is 0 Å². The molecule has 0 aliphatic rings. The molecule has 0 rings (SSSR count). The summed E-state index contributed by atoms with van der Waals surface area (Å²) in [4.78, 5) is 9.54. The number of rotatable bonds is 0. The highest BCUT2D eigenvalue weighted by Crippen LogP contribution is 2.02. The van der Waals surface area contributed by atoms with E-state index in [4.69, 9.17) is 4.74 Å². The fourth-order valence-electron chi connectivity index (χ4n) is 0. The highest BCUT2D eigenvalue weighted by Gasteiger charge is 2.03. The van der Waals surface area contributed by atoms with E-state index in [2.05, 4.69) is 14.9 Å². The third-order valence-corrected chi connectivity index (χ3v) is 1.04. The molecule has 0 spiro atoms. The van der Waals surface area contributed by atoms with Gasteiger partial charge in [0.2, 0.25) is 0 Å². The van der Waals surface area contributed by atoms with Crippen molar-refractivity contribution < 1.29 is 14.0 Å². The number of methoxy groups -OCH3 is 1. The molecular formula is C7H15O3Si. The van der Waals surface area contributed by atoms with Gasteiger partial charge in [0.1, 0.15) is 0 Å². The van der Waals surface area contributed by atoms with Crippen LogP contribution in [0.5, 0.6) is 0 Å². The van der Waals surface area contributed by atoms with E-state index in [9.17, 15) is 4.79 Å². The van der Waals surface area contributed by atoms with E-state index < -0.39 is 0 Å². The van der Waals surface area contributed by atoms with E-state index >= 15 is 0 Å². The van der Waals surface area contributed by atoms with Gasteiger partial charge in [-0.2, -0.15) is 0 Å². The van der Waals surface area contributed by atoms with Crippen molar-refractivity contribution in [2.45, 2.75) is 33.3 Å². The number of hydrogen-bond donors (Lipinski definition) is 0. The molecule has 0 amide bonds. The largest absolute Gasteiger partial charge is 0.516 e. The molecule has 0 aliphatic heterocycles. The minimum atomic E-state index is -0.332. The van der Waals surface area contributed by atoms with Crippen molar-refractivity contribution in [2.24, 2.45) is 0 Å². The van der Waals surface area contributed by atoms with E-state index in [0.717, 1.165) is 0 Å². The second kappa shape index (κ2) is 6.36. The first-order valence-electron chi connectivity index (χ1n) is 3.22. The zero-order valence-corrected chi connectivity index (χ0v) is 8.72. The lowest BCUT2D eigenvalue weighted by atomic mass is 10.2. The molecule has 0 saturated heterocycles. The quantitative estimate of drug-likeness (QED) is 0.516. The van der Waals surface area contributed by atoms with Crippen LogP contribution < -0.4 is 0 Å². The standard InChI is InChI=1S/C5H12O.C2H3O2Si/c1-5(2,3)6-4;1-2(3)4-5/h1-4H3;1H3. The topological polar surface area (TPSA) is 35.5 Å². The Hall–Kier alpha value is -0.353. The summed E-state index contributed by atoms with van der Waals surface area (Å²) >= 11 is 0. The maximum atomic E-state index is 9.54. The second-order valence-corrected chi connectivity index (χ2v) is 3.11. The predicted octanol–water partition coefficient (Wildman–Crippen LogP) is 1.06. The van der Waals surface area contributed by atoms with E-state index in [1.54, 1.807) is 7.11 Å². The SMILES string of the molecule is CC(=O)O[Si].COC(C)(C)C. The minimum Gasteiger partial charge on any atom is -0.516 e. The Labute approximate surface area is 71.6 Å². The molecule has 0 saturated carbocycles. The smallest absolute Gasteiger partial charge is 0.345 e. The van der Waals surface area contributed by atoms with Crippen LogP contribution in [-0.4, -0.2) is 29.2 Å². The molecule has 0 aliphatic carbocycles. The average Bonchev–Trinajstić information content (AvgIpc) is 1.88. The van der Waals surface area contributed by atoms with E-state index in [0.29, 0.717) is 0 Å². The van der Waals surface area contributed by atoms with E-state index in [1.165, 1.54) is 6.92 Å². The molecule has 0 unspecified atom stereocenters. The molecule has 0 bridgehead atoms. The summed E-state index contributed by atoms with van der Waals surface area (Å²) in [5.41, 5.74) is 0.0417. The van der Waals surface area contributed by atoms with Crippen molar-refractivity contribution in [2.75, 3.05) is 7.11 Å². The molecule has 0 heterocycles. The minimum absolute atomic E-state index is 0.0417. The van der Waals surface area contributed by atoms with Crippen molar-refractivity contribution in [3.63, 3.8) is 0 Å². The van der Waals surface area contributed by atoms with Crippen molar-refractivity contribution >= 4 is 16.5 Å². The van der Waals surface area contributed by atoms with Gasteiger partial charge in [-0.1, -0.05) is 0 Å². The molecule has 65 valence electrons. The van der Waals surface area contributed by atoms with Gasteiger partial charge in [0, 0.05) is 14.0 Å². The summed E-state index contributed by atoms with van der Waals surface area (Å²) in [6.07, 6.45) is 0. The molecule has 3 nitrogen and oxygen atoms in total. The van der Waals surface area contributed by atoms with Crippen LogP contribution in [0.2, 0.25) is 0 Å². The Kier molecular flexibility index (Phi) is 7.67. The number of hydrogen-bond acceptors (Lipinski definition) is 3. The highest BCUT2D eigenvalue weighted by atomic mass is 28.2. The molecule has 0 N–H and O–H groups in total. The monoisotopic (exact) mass is 175 g/mol. The van der Waals surface area contributed by atoms with Crippen LogP contribution in [0.15, 0.2) is 0 Å². The van der Waals surface area contributed by atoms with Crippen LogP contribution in [0.25, 0.3) is 0 Å². The van der Waals surface area contributed by atoms with Crippen LogP contribution in [0.1, 0.15) is 27.7 Å². The van der Waals surface area contributed by atoms with E-state index in [1.807, 2.05) is 20.8 Å². The normalized spacial score (nSPS) is 9.64. The lowest BCUT2D eigenvalue weighted by Gasteiger charge is -2.14. The molecular weight excluding hydrogens is 160 g/mol. The summed E-state index contributed by atoms with van der Waals surface area (Å²) in [6.45, 7) is 7.38. The van der Waals surface area contributed by atoms with Gasteiger partial charge < -0.3 is 9.16 Å². The third-order valence-electron chi connectivity index (χ3n) is 0.756. The van der Waals surface area contributed by atoms with Gasteiger partial charge in [-0.15, -0.1) is 0 Å². The van der Waals surface area contributed by atoms with Crippen LogP contribution in [0.3, 0.4) is 0 Å². The zero-order chi connectivity index (χ0) is 9.49. The number of ether oxygens (including phenoxy) is 1. The van der Waals surface area contributed by atoms with Crippen molar-refractivity contribution in [3.8, 4) is 0 Å². The Morgan fingerprint density at radius 1 is 1.36 bits per heavy atom. The van der Waals surface area contributed by atoms with Crippen LogP contribution >= 0.6 is 0 Å². The van der Waals surface area contributed by atoms with E-state index in [-0.39, 0.29) is 11.6 Å². The summed E-state index contributed by atoms with van der Waals surface area (Å²) in [6, 6.07) is 0. The summed E-state index contributed by atoms with van der Waals surface area (Å²) in [5.74, 6) is -0.332. The molecule has 0 atom stereocenters. The van der Waals surface area contributed by atoms with Crippen LogP contribution in [0, 0.1) is 0 Å². The predicted molar refractivity (Wildman–Crippen MR) is 44.3 cm³/mol. The van der Waals surface area contributed by atoms with Crippen molar-refractivity contribution in [3.05, 3.63) is 0 Å². The molecule has 3 radical (unpaired) electrons. The second-order valence-electron chi connectivity index (χ2n) is 2.91. The summed E-state index contributed by atoms with van der Waals surface area (Å²) in [7, 11) is 4.21. The molecule has 11 heavy (non-hydrogen) atoms. The van der Waals surface area contributed by atoms with Gasteiger partial charge in [-0.25, -0.2) is 0 Å². The van der Waals surface area contributed by atoms with Crippen LogP contribution in [0.4, 0.5) is 0 Å². The lowest BCUT2D eigenvalue weighted by Crippen LogP contribution is -2.15. The first-order chi connectivity index (χ1) is 4.83. The maximum Gasteiger partial charge on any atom is 0.345 e. The molecule has 0 aromatic carbocycles. The Morgan fingerprint density at radius 3 is 1.55 bits per heavy atom. The number of carbonyl (C=O) groups excluding carboxylic acids is 1. The summed E-state index contributed by atoms with van der Waals surface area (Å²) in [5, 5.41) is 0. The first-order valence-corrected chi connectivity index (χ1v) is 3.63. The summed E-state index contributed by atoms with van der Waals surface area (Å²) < 4.78 is 8.85. The molecule has 0 aromatic rings. The van der Waals surface area contributed by atoms with Gasteiger partial charge in [0.25, 0.3) is 5.97 Å². The Bertz CT molecular complexity index is 107. The fraction of sp³-hybridized carbons (Fsp3) is 0.857. The maximum absolute atomic E-state index is 9.54. The van der Waals surface area contributed by atoms with Gasteiger partial charge in [-0.3, -0.25) is 4.79 Å². The van der Waals surface area contributed by atoms with Gasteiger partial charge in [0.05, 0.1) is 5.60 Å². The zero-order valence-electron chi connectivity index (χ0n) is 7.72. The molecule has 0 fully saturated rings. The van der Waals surface area contributed by atoms with Crippen molar-refractivity contribution in [1.29, 1.82) is 0 Å².